The number of para-hydroxylation sites is 1. The van der Waals surface area contributed by atoms with Crippen LogP contribution in [0.2, 0.25) is 0 Å². The van der Waals surface area contributed by atoms with Crippen molar-refractivity contribution in [2.24, 2.45) is 0 Å². The number of anilines is 2. The van der Waals surface area contributed by atoms with Crippen molar-refractivity contribution in [3.63, 3.8) is 0 Å². The summed E-state index contributed by atoms with van der Waals surface area (Å²) in [6.07, 6.45) is -4.84. The molecule has 0 bridgehead atoms. The quantitative estimate of drug-likeness (QED) is 0.523. The van der Waals surface area contributed by atoms with Crippen LogP contribution >= 0.6 is 0 Å². The summed E-state index contributed by atoms with van der Waals surface area (Å²) in [7, 11) is 0. The molecule has 0 aliphatic rings. The Labute approximate surface area is 156 Å². The van der Waals surface area contributed by atoms with Gasteiger partial charge >= 0.3 is 12.1 Å². The van der Waals surface area contributed by atoms with Crippen LogP contribution in [0.15, 0.2) is 48.5 Å². The predicted molar refractivity (Wildman–Crippen MR) is 99.0 cm³/mol. The number of rotatable bonds is 7. The topological polar surface area (TPSA) is 41.6 Å². The van der Waals surface area contributed by atoms with Crippen molar-refractivity contribution < 1.29 is 22.7 Å². The maximum absolute atomic E-state index is 12.9. The number of nitrogens with one attached hydrogen (secondary N) is 1. The van der Waals surface area contributed by atoms with E-state index >= 15 is 0 Å². The lowest BCUT2D eigenvalue weighted by Crippen LogP contribution is -2.36. The number of carbonyl (C=O) groups excluding carboxylic acids is 1. The molecule has 7 heteroatoms. The Hall–Kier alpha value is -2.54. The average molecular weight is 380 g/mol. The van der Waals surface area contributed by atoms with E-state index in [4.69, 9.17) is 4.74 Å². The Balaban J connectivity index is 2.22. The van der Waals surface area contributed by atoms with Crippen LogP contribution in [0.3, 0.4) is 0 Å². The van der Waals surface area contributed by atoms with Crippen molar-refractivity contribution in [3.05, 3.63) is 59.7 Å². The predicted octanol–water partition coefficient (Wildman–Crippen LogP) is 5.29. The number of hydrogen-bond acceptors (Lipinski definition) is 4. The van der Waals surface area contributed by atoms with Gasteiger partial charge in [0.15, 0.2) is 6.23 Å². The molecular weight excluding hydrogens is 357 g/mol. The van der Waals surface area contributed by atoms with E-state index in [0.29, 0.717) is 5.69 Å². The summed E-state index contributed by atoms with van der Waals surface area (Å²) < 4.78 is 44.2. The molecule has 1 atom stereocenters. The second-order valence-corrected chi connectivity index (χ2v) is 5.97. The van der Waals surface area contributed by atoms with Crippen LogP contribution in [0.4, 0.5) is 24.5 Å². The van der Waals surface area contributed by atoms with Gasteiger partial charge < -0.3 is 10.1 Å². The molecule has 146 valence electrons. The SMILES string of the molecule is CCN(CC)C(C)OC(=O)c1ccccc1Nc1cccc(C(F)(F)F)c1. The number of hydrogen-bond donors (Lipinski definition) is 1. The summed E-state index contributed by atoms with van der Waals surface area (Å²) in [4.78, 5) is 14.5. The molecule has 0 saturated heterocycles. The second kappa shape index (κ2) is 8.90. The Bertz CT molecular complexity index is 774. The lowest BCUT2D eigenvalue weighted by molar-refractivity contribution is -0.137. The molecule has 2 aromatic carbocycles. The zero-order valence-corrected chi connectivity index (χ0v) is 15.5. The van der Waals surface area contributed by atoms with E-state index in [2.05, 4.69) is 5.32 Å². The fourth-order valence-electron chi connectivity index (χ4n) is 2.73. The molecule has 0 spiro atoms. The van der Waals surface area contributed by atoms with Crippen molar-refractivity contribution >= 4 is 17.3 Å². The molecule has 1 unspecified atom stereocenters. The minimum atomic E-state index is -4.44. The number of ether oxygens (including phenoxy) is 1. The lowest BCUT2D eigenvalue weighted by Gasteiger charge is -2.26. The van der Waals surface area contributed by atoms with Gasteiger partial charge in [0.25, 0.3) is 0 Å². The van der Waals surface area contributed by atoms with Crippen LogP contribution < -0.4 is 5.32 Å². The third kappa shape index (κ3) is 5.47. The summed E-state index contributed by atoms with van der Waals surface area (Å²) in [5.74, 6) is -0.538. The Kier molecular flexibility index (Phi) is 6.85. The first-order chi connectivity index (χ1) is 12.8. The number of nitrogens with zero attached hydrogens (tertiary/aromatic N) is 1. The van der Waals surface area contributed by atoms with Crippen molar-refractivity contribution in [2.45, 2.75) is 33.2 Å². The van der Waals surface area contributed by atoms with Gasteiger partial charge in [0.2, 0.25) is 0 Å². The molecule has 27 heavy (non-hydrogen) atoms. The molecule has 0 saturated carbocycles. The highest BCUT2D eigenvalue weighted by Crippen LogP contribution is 2.32. The van der Waals surface area contributed by atoms with Gasteiger partial charge in [-0.2, -0.15) is 13.2 Å². The molecule has 0 fully saturated rings. The molecular formula is C20H23F3N2O2. The standard InChI is InChI=1S/C20H23F3N2O2/c1-4-25(5-2)14(3)27-19(26)17-11-6-7-12-18(17)24-16-10-8-9-15(13-16)20(21,22)23/h6-14,24H,4-5H2,1-3H3. The van der Waals surface area contributed by atoms with E-state index in [1.807, 2.05) is 18.7 Å². The van der Waals surface area contributed by atoms with E-state index in [1.165, 1.54) is 12.1 Å². The van der Waals surface area contributed by atoms with Crippen LogP contribution in [0.25, 0.3) is 0 Å². The highest BCUT2D eigenvalue weighted by atomic mass is 19.4. The highest BCUT2D eigenvalue weighted by Gasteiger charge is 2.30. The van der Waals surface area contributed by atoms with Gasteiger partial charge in [0.1, 0.15) is 0 Å². The van der Waals surface area contributed by atoms with E-state index in [0.717, 1.165) is 25.2 Å². The summed E-state index contributed by atoms with van der Waals surface area (Å²) in [6, 6.07) is 11.4. The van der Waals surface area contributed by atoms with Gasteiger partial charge in [-0.15, -0.1) is 0 Å². The van der Waals surface area contributed by atoms with Crippen molar-refractivity contribution in [3.8, 4) is 0 Å². The van der Waals surface area contributed by atoms with Crippen molar-refractivity contribution in [1.82, 2.24) is 4.90 Å². The van der Waals surface area contributed by atoms with E-state index in [9.17, 15) is 18.0 Å². The average Bonchev–Trinajstić information content (AvgIpc) is 2.62. The van der Waals surface area contributed by atoms with E-state index in [1.54, 1.807) is 31.2 Å². The van der Waals surface area contributed by atoms with Gasteiger partial charge in [-0.3, -0.25) is 4.90 Å². The zero-order valence-electron chi connectivity index (χ0n) is 15.5. The summed E-state index contributed by atoms with van der Waals surface area (Å²) >= 11 is 0. The molecule has 0 aliphatic heterocycles. The summed E-state index contributed by atoms with van der Waals surface area (Å²) in [5.41, 5.74) is 0.118. The first-order valence-corrected chi connectivity index (χ1v) is 8.74. The molecule has 0 aromatic heterocycles. The van der Waals surface area contributed by atoms with Crippen LogP contribution in [0.1, 0.15) is 36.7 Å². The fraction of sp³-hybridized carbons (Fsp3) is 0.350. The van der Waals surface area contributed by atoms with Crippen LogP contribution in [0, 0.1) is 0 Å². The highest BCUT2D eigenvalue weighted by molar-refractivity contribution is 5.96. The maximum atomic E-state index is 12.9. The number of esters is 1. The van der Waals surface area contributed by atoms with Crippen LogP contribution in [-0.2, 0) is 10.9 Å². The Morgan fingerprint density at radius 2 is 1.78 bits per heavy atom. The third-order valence-electron chi connectivity index (χ3n) is 4.22. The number of benzene rings is 2. The Morgan fingerprint density at radius 1 is 1.11 bits per heavy atom. The molecule has 2 rings (SSSR count). The van der Waals surface area contributed by atoms with Crippen molar-refractivity contribution in [2.75, 3.05) is 18.4 Å². The van der Waals surface area contributed by atoms with Gasteiger partial charge in [0.05, 0.1) is 16.8 Å². The summed E-state index contributed by atoms with van der Waals surface area (Å²) in [5, 5.41) is 2.88. The molecule has 2 aromatic rings. The number of carbonyl (C=O) groups is 1. The van der Waals surface area contributed by atoms with E-state index < -0.39 is 23.9 Å². The number of halogens is 3. The second-order valence-electron chi connectivity index (χ2n) is 5.97. The van der Waals surface area contributed by atoms with Crippen LogP contribution in [-0.4, -0.2) is 30.2 Å². The van der Waals surface area contributed by atoms with Gasteiger partial charge in [-0.25, -0.2) is 4.79 Å². The third-order valence-corrected chi connectivity index (χ3v) is 4.22. The molecule has 1 N–H and O–H groups in total. The molecule has 0 aliphatic carbocycles. The van der Waals surface area contributed by atoms with Gasteiger partial charge in [-0.1, -0.05) is 32.0 Å². The fourth-order valence-corrected chi connectivity index (χ4v) is 2.73. The first-order valence-electron chi connectivity index (χ1n) is 8.74. The van der Waals surface area contributed by atoms with Gasteiger partial charge in [0, 0.05) is 5.69 Å². The number of alkyl halides is 3. The summed E-state index contributed by atoms with van der Waals surface area (Å²) in [6.45, 7) is 7.19. The van der Waals surface area contributed by atoms with Crippen LogP contribution in [0.5, 0.6) is 0 Å². The lowest BCUT2D eigenvalue weighted by atomic mass is 10.1. The normalized spacial score (nSPS) is 12.7. The monoisotopic (exact) mass is 380 g/mol. The first kappa shape index (κ1) is 20.8. The minimum absolute atomic E-state index is 0.238. The molecule has 4 nitrogen and oxygen atoms in total. The maximum Gasteiger partial charge on any atom is 0.416 e. The molecule has 0 radical (unpaired) electrons. The smallest absolute Gasteiger partial charge is 0.416 e. The largest absolute Gasteiger partial charge is 0.443 e. The van der Waals surface area contributed by atoms with Gasteiger partial charge in [-0.05, 0) is 50.3 Å². The molecule has 0 heterocycles. The Morgan fingerprint density at radius 3 is 2.41 bits per heavy atom. The van der Waals surface area contributed by atoms with E-state index in [-0.39, 0.29) is 11.3 Å². The zero-order chi connectivity index (χ0) is 20.0. The molecule has 0 amide bonds. The van der Waals surface area contributed by atoms with Crippen molar-refractivity contribution in [1.29, 1.82) is 0 Å². The minimum Gasteiger partial charge on any atom is -0.443 e.